The van der Waals surface area contributed by atoms with Crippen molar-refractivity contribution in [3.63, 3.8) is 0 Å². The fourth-order valence-electron chi connectivity index (χ4n) is 1.36. The summed E-state index contributed by atoms with van der Waals surface area (Å²) in [4.78, 5) is 12.5. The van der Waals surface area contributed by atoms with E-state index in [1.165, 1.54) is 17.6 Å². The number of thiophene rings is 1. The van der Waals surface area contributed by atoms with E-state index in [4.69, 9.17) is 0 Å². The van der Waals surface area contributed by atoms with Crippen LogP contribution in [0.15, 0.2) is 46.0 Å². The number of esters is 1. The number of thioether (sulfide) groups is 1. The topological polar surface area (TPSA) is 26.3 Å². The first kappa shape index (κ1) is 12.2. The first-order chi connectivity index (χ1) is 8.29. The van der Waals surface area contributed by atoms with Crippen molar-refractivity contribution < 1.29 is 9.53 Å². The lowest BCUT2D eigenvalue weighted by atomic mass is 10.1. The number of benzene rings is 1. The highest BCUT2D eigenvalue weighted by atomic mass is 32.2. The lowest BCUT2D eigenvalue weighted by Crippen LogP contribution is -2.00. The summed E-state index contributed by atoms with van der Waals surface area (Å²) in [7, 11) is 1.39. The molecule has 1 heterocycles. The van der Waals surface area contributed by atoms with Crippen molar-refractivity contribution in [3.05, 3.63) is 52.2 Å². The molecule has 2 aromatic rings. The Hall–Kier alpha value is -1.26. The third kappa shape index (κ3) is 3.35. The van der Waals surface area contributed by atoms with Gasteiger partial charge in [-0.2, -0.15) is 11.3 Å². The summed E-state index contributed by atoms with van der Waals surface area (Å²) >= 11 is 3.50. The molecule has 0 fully saturated rings. The minimum Gasteiger partial charge on any atom is -0.465 e. The maximum Gasteiger partial charge on any atom is 0.337 e. The van der Waals surface area contributed by atoms with Gasteiger partial charge >= 0.3 is 5.97 Å². The predicted octanol–water partition coefficient (Wildman–Crippen LogP) is 3.83. The SMILES string of the molecule is COC(=O)c1ccc(CSc2ccsc2)cc1. The van der Waals surface area contributed by atoms with Gasteiger partial charge in [-0.05, 0) is 29.1 Å². The Balaban J connectivity index is 1.96. The molecule has 0 bridgehead atoms. The maximum absolute atomic E-state index is 11.2. The van der Waals surface area contributed by atoms with Crippen LogP contribution in [0.3, 0.4) is 0 Å². The van der Waals surface area contributed by atoms with E-state index in [1.807, 2.05) is 12.1 Å². The minimum atomic E-state index is -0.290. The van der Waals surface area contributed by atoms with Gasteiger partial charge in [0.25, 0.3) is 0 Å². The van der Waals surface area contributed by atoms with E-state index < -0.39 is 0 Å². The van der Waals surface area contributed by atoms with Crippen LogP contribution in [0.5, 0.6) is 0 Å². The Labute approximate surface area is 109 Å². The normalized spacial score (nSPS) is 10.2. The van der Waals surface area contributed by atoms with Gasteiger partial charge in [0.05, 0.1) is 12.7 Å². The Morgan fingerprint density at radius 2 is 2.06 bits per heavy atom. The van der Waals surface area contributed by atoms with Crippen molar-refractivity contribution in [1.29, 1.82) is 0 Å². The summed E-state index contributed by atoms with van der Waals surface area (Å²) in [6, 6.07) is 9.64. The average Bonchev–Trinajstić information content (AvgIpc) is 2.89. The largest absolute Gasteiger partial charge is 0.465 e. The van der Waals surface area contributed by atoms with Gasteiger partial charge in [-0.1, -0.05) is 12.1 Å². The van der Waals surface area contributed by atoms with E-state index in [9.17, 15) is 4.79 Å². The molecule has 0 aliphatic rings. The highest BCUT2D eigenvalue weighted by Gasteiger charge is 2.04. The highest BCUT2D eigenvalue weighted by Crippen LogP contribution is 2.24. The van der Waals surface area contributed by atoms with Crippen molar-refractivity contribution in [2.24, 2.45) is 0 Å². The van der Waals surface area contributed by atoms with Crippen LogP contribution in [-0.4, -0.2) is 13.1 Å². The predicted molar refractivity (Wildman–Crippen MR) is 71.7 cm³/mol. The second-order valence-corrected chi connectivity index (χ2v) is 5.27. The molecule has 0 saturated heterocycles. The lowest BCUT2D eigenvalue weighted by Gasteiger charge is -2.02. The number of hydrogen-bond donors (Lipinski definition) is 0. The highest BCUT2D eigenvalue weighted by molar-refractivity contribution is 7.98. The quantitative estimate of drug-likeness (QED) is 0.620. The van der Waals surface area contributed by atoms with Crippen LogP contribution in [0, 0.1) is 0 Å². The number of carbonyl (C=O) groups is 1. The zero-order chi connectivity index (χ0) is 12.1. The number of hydrogen-bond acceptors (Lipinski definition) is 4. The molecule has 4 heteroatoms. The van der Waals surface area contributed by atoms with Gasteiger partial charge in [-0.25, -0.2) is 4.79 Å². The summed E-state index contributed by atoms with van der Waals surface area (Å²) in [5.74, 6) is 0.625. The number of rotatable bonds is 4. The van der Waals surface area contributed by atoms with Gasteiger partial charge in [0.15, 0.2) is 0 Å². The monoisotopic (exact) mass is 264 g/mol. The third-order valence-electron chi connectivity index (χ3n) is 2.28. The summed E-state index contributed by atoms with van der Waals surface area (Å²) in [5.41, 5.74) is 1.80. The lowest BCUT2D eigenvalue weighted by molar-refractivity contribution is 0.0601. The summed E-state index contributed by atoms with van der Waals surface area (Å²) in [5, 5.41) is 4.20. The van der Waals surface area contributed by atoms with E-state index in [-0.39, 0.29) is 5.97 Å². The molecule has 0 amide bonds. The molecule has 2 nitrogen and oxygen atoms in total. The molecule has 0 unspecified atom stereocenters. The smallest absolute Gasteiger partial charge is 0.337 e. The average molecular weight is 264 g/mol. The van der Waals surface area contributed by atoms with Crippen LogP contribution in [0.2, 0.25) is 0 Å². The Bertz CT molecular complexity index is 475. The fourth-order valence-corrected chi connectivity index (χ4v) is 3.09. The van der Waals surface area contributed by atoms with Crippen molar-refractivity contribution >= 4 is 29.1 Å². The van der Waals surface area contributed by atoms with Crippen molar-refractivity contribution in [1.82, 2.24) is 0 Å². The van der Waals surface area contributed by atoms with Crippen molar-refractivity contribution in [2.45, 2.75) is 10.6 Å². The number of carbonyl (C=O) groups excluding carboxylic acids is 1. The first-order valence-electron chi connectivity index (χ1n) is 5.12. The fraction of sp³-hybridized carbons (Fsp3) is 0.154. The molecule has 2 rings (SSSR count). The number of ether oxygens (including phenoxy) is 1. The van der Waals surface area contributed by atoms with E-state index in [0.29, 0.717) is 5.56 Å². The first-order valence-corrected chi connectivity index (χ1v) is 7.04. The molecule has 0 radical (unpaired) electrons. The van der Waals surface area contributed by atoms with Gasteiger partial charge in [-0.15, -0.1) is 11.8 Å². The molecule has 17 heavy (non-hydrogen) atoms. The molecule has 1 aromatic carbocycles. The van der Waals surface area contributed by atoms with Crippen LogP contribution < -0.4 is 0 Å². The van der Waals surface area contributed by atoms with E-state index >= 15 is 0 Å². The Kier molecular flexibility index (Phi) is 4.23. The maximum atomic E-state index is 11.2. The summed E-state index contributed by atoms with van der Waals surface area (Å²) in [6.45, 7) is 0. The van der Waals surface area contributed by atoms with Gasteiger partial charge < -0.3 is 4.74 Å². The van der Waals surface area contributed by atoms with E-state index in [1.54, 1.807) is 35.2 Å². The van der Waals surface area contributed by atoms with E-state index in [0.717, 1.165) is 5.75 Å². The molecule has 0 N–H and O–H groups in total. The second-order valence-electron chi connectivity index (χ2n) is 3.44. The molecule has 0 saturated carbocycles. The molecule has 0 atom stereocenters. The third-order valence-corrected chi connectivity index (χ3v) is 4.17. The van der Waals surface area contributed by atoms with Crippen molar-refractivity contribution in [3.8, 4) is 0 Å². The molecular weight excluding hydrogens is 252 g/mol. The van der Waals surface area contributed by atoms with Crippen LogP contribution in [-0.2, 0) is 10.5 Å². The van der Waals surface area contributed by atoms with Gasteiger partial charge in [0.1, 0.15) is 0 Å². The van der Waals surface area contributed by atoms with Crippen LogP contribution >= 0.6 is 23.1 Å². The standard InChI is InChI=1S/C13H12O2S2/c1-15-13(14)11-4-2-10(3-5-11)8-17-12-6-7-16-9-12/h2-7,9H,8H2,1H3. The summed E-state index contributed by atoms with van der Waals surface area (Å²) in [6.07, 6.45) is 0. The second kappa shape index (κ2) is 5.89. The zero-order valence-corrected chi connectivity index (χ0v) is 11.0. The van der Waals surface area contributed by atoms with E-state index in [2.05, 4.69) is 21.6 Å². The molecular formula is C13H12O2S2. The van der Waals surface area contributed by atoms with Crippen LogP contribution in [0.25, 0.3) is 0 Å². The Morgan fingerprint density at radius 3 is 2.65 bits per heavy atom. The molecule has 0 aliphatic heterocycles. The zero-order valence-electron chi connectivity index (χ0n) is 9.38. The van der Waals surface area contributed by atoms with Gasteiger partial charge in [0, 0.05) is 16.0 Å². The molecule has 0 spiro atoms. The van der Waals surface area contributed by atoms with Crippen molar-refractivity contribution in [2.75, 3.05) is 7.11 Å². The molecule has 1 aromatic heterocycles. The van der Waals surface area contributed by atoms with Gasteiger partial charge in [-0.3, -0.25) is 0 Å². The molecule has 88 valence electrons. The van der Waals surface area contributed by atoms with Gasteiger partial charge in [0.2, 0.25) is 0 Å². The minimum absolute atomic E-state index is 0.290. The van der Waals surface area contributed by atoms with Crippen LogP contribution in [0.1, 0.15) is 15.9 Å². The summed E-state index contributed by atoms with van der Waals surface area (Å²) < 4.78 is 4.65. The Morgan fingerprint density at radius 1 is 1.29 bits per heavy atom. The molecule has 0 aliphatic carbocycles. The van der Waals surface area contributed by atoms with Crippen LogP contribution in [0.4, 0.5) is 0 Å². The number of methoxy groups -OCH3 is 1.